The summed E-state index contributed by atoms with van der Waals surface area (Å²) in [6, 6.07) is 14.5. The highest BCUT2D eigenvalue weighted by atomic mass is 16.2. The molecular weight excluding hydrogens is 304 g/mol. The highest BCUT2D eigenvalue weighted by molar-refractivity contribution is 6.06. The van der Waals surface area contributed by atoms with Crippen molar-refractivity contribution in [1.82, 2.24) is 19.9 Å². The topological polar surface area (TPSA) is 92.7 Å². The van der Waals surface area contributed by atoms with E-state index in [-0.39, 0.29) is 0 Å². The van der Waals surface area contributed by atoms with E-state index in [1.165, 1.54) is 12.7 Å². The molecule has 0 atom stereocenters. The summed E-state index contributed by atoms with van der Waals surface area (Å²) in [7, 11) is 0. The Balaban J connectivity index is 1.62. The predicted octanol–water partition coefficient (Wildman–Crippen LogP) is 3.22. The zero-order valence-electron chi connectivity index (χ0n) is 12.5. The van der Waals surface area contributed by atoms with Gasteiger partial charge in [0.1, 0.15) is 24.3 Å². The molecule has 4 rings (SSSR count). The van der Waals surface area contributed by atoms with Crippen LogP contribution in [0.4, 0.5) is 16.4 Å². The number of nitrogens with one attached hydrogen (secondary N) is 2. The number of hydrogen-bond donors (Lipinski definition) is 2. The minimum Gasteiger partial charge on any atom is -0.291 e. The van der Waals surface area contributed by atoms with Crippen molar-refractivity contribution in [2.45, 2.75) is 0 Å². The Labute approximate surface area is 136 Å². The lowest BCUT2D eigenvalue weighted by atomic mass is 10.2. The molecule has 2 N–H and O–H groups in total. The molecule has 0 radical (unpaired) electrons. The number of fused-ring (bicyclic) bond motifs is 2. The van der Waals surface area contributed by atoms with Crippen LogP contribution in [0.3, 0.4) is 0 Å². The van der Waals surface area contributed by atoms with Gasteiger partial charge in [0.25, 0.3) is 0 Å². The molecule has 0 bridgehead atoms. The fourth-order valence-corrected chi connectivity index (χ4v) is 2.46. The molecule has 2 heterocycles. The van der Waals surface area contributed by atoms with Gasteiger partial charge in [-0.05, 0) is 24.3 Å². The van der Waals surface area contributed by atoms with Gasteiger partial charge in [-0.2, -0.15) is 0 Å². The van der Waals surface area contributed by atoms with Crippen LogP contribution in [0.1, 0.15) is 0 Å². The molecule has 24 heavy (non-hydrogen) atoms. The lowest BCUT2D eigenvalue weighted by Crippen LogP contribution is -2.21. The Morgan fingerprint density at radius 1 is 0.667 bits per heavy atom. The summed E-state index contributed by atoms with van der Waals surface area (Å²) in [5, 5.41) is 7.01. The Morgan fingerprint density at radius 3 is 1.62 bits per heavy atom. The highest BCUT2D eigenvalue weighted by Gasteiger charge is 2.10. The molecule has 0 aliphatic heterocycles. The van der Waals surface area contributed by atoms with Crippen molar-refractivity contribution >= 4 is 39.5 Å². The lowest BCUT2D eigenvalue weighted by molar-refractivity contribution is 0.262. The van der Waals surface area contributed by atoms with Gasteiger partial charge in [-0.15, -0.1) is 0 Å². The summed E-state index contributed by atoms with van der Waals surface area (Å²) in [5.41, 5.74) is 1.52. The van der Waals surface area contributed by atoms with Gasteiger partial charge in [0.2, 0.25) is 0 Å². The number of urea groups is 1. The van der Waals surface area contributed by atoms with Crippen LogP contribution in [0.2, 0.25) is 0 Å². The number of benzene rings is 2. The number of aromatic nitrogens is 4. The summed E-state index contributed by atoms with van der Waals surface area (Å²) in [6.07, 6.45) is 2.83. The number of para-hydroxylation sites is 2. The standard InChI is InChI=1S/C17H12N6O/c24-17(22-15-11-5-1-3-7-13(11)18-9-20-15)23-16-12-6-2-4-8-14(12)19-10-21-16/h1-10H,(H2,18,19,20,21,22,23,24). The highest BCUT2D eigenvalue weighted by Crippen LogP contribution is 2.20. The average Bonchev–Trinajstić information content (AvgIpc) is 2.62. The minimum absolute atomic E-state index is 0.428. The Morgan fingerprint density at radius 2 is 1.12 bits per heavy atom. The number of rotatable bonds is 2. The lowest BCUT2D eigenvalue weighted by Gasteiger charge is -2.09. The molecule has 2 amide bonds. The maximum Gasteiger partial charge on any atom is 0.326 e. The summed E-state index contributed by atoms with van der Waals surface area (Å²) < 4.78 is 0. The van der Waals surface area contributed by atoms with Crippen LogP contribution in [-0.4, -0.2) is 26.0 Å². The number of hydrogen-bond acceptors (Lipinski definition) is 5. The SMILES string of the molecule is O=C(Nc1ncnc2ccccc12)Nc1ncnc2ccccc12. The average molecular weight is 316 g/mol. The molecule has 0 saturated heterocycles. The smallest absolute Gasteiger partial charge is 0.291 e. The van der Waals surface area contributed by atoms with E-state index >= 15 is 0 Å². The monoisotopic (exact) mass is 316 g/mol. The van der Waals surface area contributed by atoms with E-state index in [0.717, 1.165) is 21.8 Å². The third-order valence-corrected chi connectivity index (χ3v) is 3.55. The van der Waals surface area contributed by atoms with E-state index in [4.69, 9.17) is 0 Å². The van der Waals surface area contributed by atoms with Gasteiger partial charge in [0.15, 0.2) is 0 Å². The van der Waals surface area contributed by atoms with Gasteiger partial charge in [-0.3, -0.25) is 10.6 Å². The van der Waals surface area contributed by atoms with Gasteiger partial charge in [-0.25, -0.2) is 24.7 Å². The first kappa shape index (κ1) is 14.0. The fourth-order valence-electron chi connectivity index (χ4n) is 2.46. The van der Waals surface area contributed by atoms with E-state index in [2.05, 4.69) is 30.6 Å². The third kappa shape index (κ3) is 2.58. The Hall–Kier alpha value is -3.61. The molecule has 0 saturated carbocycles. The van der Waals surface area contributed by atoms with Crippen LogP contribution in [-0.2, 0) is 0 Å². The van der Waals surface area contributed by atoms with Crippen LogP contribution in [0.5, 0.6) is 0 Å². The first-order chi connectivity index (χ1) is 11.8. The van der Waals surface area contributed by atoms with Crippen molar-refractivity contribution in [2.75, 3.05) is 10.6 Å². The van der Waals surface area contributed by atoms with Gasteiger partial charge in [0.05, 0.1) is 11.0 Å². The summed E-state index contributed by atoms with van der Waals surface area (Å²) in [4.78, 5) is 28.9. The maximum absolute atomic E-state index is 12.3. The summed E-state index contributed by atoms with van der Waals surface area (Å²) >= 11 is 0. The van der Waals surface area contributed by atoms with Gasteiger partial charge < -0.3 is 0 Å². The van der Waals surface area contributed by atoms with Crippen LogP contribution < -0.4 is 10.6 Å². The number of carbonyl (C=O) groups is 1. The Bertz CT molecular complexity index is 955. The molecule has 0 unspecified atom stereocenters. The quantitative estimate of drug-likeness (QED) is 0.592. The van der Waals surface area contributed by atoms with Crippen LogP contribution >= 0.6 is 0 Å². The first-order valence-corrected chi connectivity index (χ1v) is 7.29. The molecule has 7 heteroatoms. The zero-order valence-corrected chi connectivity index (χ0v) is 12.5. The zero-order chi connectivity index (χ0) is 16.4. The Kier molecular flexibility index (Phi) is 3.43. The van der Waals surface area contributed by atoms with Crippen molar-refractivity contribution in [1.29, 1.82) is 0 Å². The second-order valence-corrected chi connectivity index (χ2v) is 5.06. The summed E-state index contributed by atoms with van der Waals surface area (Å²) in [6.45, 7) is 0. The van der Waals surface area contributed by atoms with E-state index in [0.29, 0.717) is 11.6 Å². The predicted molar refractivity (Wildman–Crippen MR) is 91.7 cm³/mol. The molecule has 4 aromatic rings. The van der Waals surface area contributed by atoms with Crippen molar-refractivity contribution in [3.63, 3.8) is 0 Å². The summed E-state index contributed by atoms with van der Waals surface area (Å²) in [5.74, 6) is 0.882. The van der Waals surface area contributed by atoms with Crippen molar-refractivity contribution < 1.29 is 4.79 Å². The number of nitrogens with zero attached hydrogens (tertiary/aromatic N) is 4. The van der Waals surface area contributed by atoms with Gasteiger partial charge in [0, 0.05) is 10.8 Å². The van der Waals surface area contributed by atoms with Crippen molar-refractivity contribution in [3.05, 3.63) is 61.2 Å². The molecule has 2 aromatic carbocycles. The molecule has 0 aliphatic carbocycles. The normalized spacial score (nSPS) is 10.7. The second kappa shape index (κ2) is 5.88. The first-order valence-electron chi connectivity index (χ1n) is 7.29. The van der Waals surface area contributed by atoms with Gasteiger partial charge in [-0.1, -0.05) is 24.3 Å². The third-order valence-electron chi connectivity index (χ3n) is 3.55. The van der Waals surface area contributed by atoms with E-state index < -0.39 is 6.03 Å². The molecule has 2 aromatic heterocycles. The number of carbonyl (C=O) groups excluding carboxylic acids is 1. The molecule has 7 nitrogen and oxygen atoms in total. The second-order valence-electron chi connectivity index (χ2n) is 5.06. The minimum atomic E-state index is -0.428. The molecular formula is C17H12N6O. The maximum atomic E-state index is 12.3. The van der Waals surface area contributed by atoms with E-state index in [1.807, 2.05) is 48.5 Å². The molecule has 116 valence electrons. The number of anilines is 2. The van der Waals surface area contributed by atoms with Crippen molar-refractivity contribution in [3.8, 4) is 0 Å². The van der Waals surface area contributed by atoms with Crippen molar-refractivity contribution in [2.24, 2.45) is 0 Å². The fraction of sp³-hybridized carbons (Fsp3) is 0. The molecule has 0 spiro atoms. The van der Waals surface area contributed by atoms with E-state index in [1.54, 1.807) is 0 Å². The van der Waals surface area contributed by atoms with Crippen LogP contribution in [0.15, 0.2) is 61.2 Å². The molecule has 0 fully saturated rings. The largest absolute Gasteiger partial charge is 0.326 e. The molecule has 0 aliphatic rings. The van der Waals surface area contributed by atoms with Gasteiger partial charge >= 0.3 is 6.03 Å². The van der Waals surface area contributed by atoms with Crippen LogP contribution in [0.25, 0.3) is 21.8 Å². The number of amides is 2. The van der Waals surface area contributed by atoms with Crippen LogP contribution in [0, 0.1) is 0 Å². The van der Waals surface area contributed by atoms with E-state index in [9.17, 15) is 4.79 Å².